The summed E-state index contributed by atoms with van der Waals surface area (Å²) in [6.45, 7) is 2.08. The molecule has 0 aromatic carbocycles. The highest BCUT2D eigenvalue weighted by Crippen LogP contribution is 2.29. The number of nitrogen functional groups attached to an aromatic ring is 1. The number of nitrogens with two attached hydrogens (primary N) is 1. The van der Waals surface area contributed by atoms with E-state index in [4.69, 9.17) is 15.2 Å². The molecule has 5 rings (SSSR count). The van der Waals surface area contributed by atoms with Gasteiger partial charge in [0.25, 0.3) is 5.91 Å². The number of hydrogen-bond donors (Lipinski definition) is 2. The van der Waals surface area contributed by atoms with Gasteiger partial charge in [-0.15, -0.1) is 5.10 Å². The fourth-order valence-corrected chi connectivity index (χ4v) is 4.37. The van der Waals surface area contributed by atoms with Crippen molar-refractivity contribution in [3.05, 3.63) is 59.7 Å². The molecule has 4 aromatic rings. The maximum absolute atomic E-state index is 13.2. The standard InChI is InChI=1S/C25H27N7O3/c1-15-18(16-9-11-32-22(12-16)30-25(26)31-32)13-19(24(29-15)34-2)23(33)28-14-20-21(8-5-10-27-20)35-17-6-3-4-7-17/h5,8-13,17H,3-4,6-7,14H2,1-2H3,(H2,26,31)(H,28,33). The van der Waals surface area contributed by atoms with Crippen molar-refractivity contribution >= 4 is 17.5 Å². The number of carbonyl (C=O) groups excluding carboxylic acids is 1. The first kappa shape index (κ1) is 22.6. The first-order valence-corrected chi connectivity index (χ1v) is 11.6. The minimum Gasteiger partial charge on any atom is -0.488 e. The summed E-state index contributed by atoms with van der Waals surface area (Å²) in [6, 6.07) is 9.24. The van der Waals surface area contributed by atoms with Crippen LogP contribution in [0.3, 0.4) is 0 Å². The molecule has 180 valence electrons. The number of carbonyl (C=O) groups is 1. The van der Waals surface area contributed by atoms with Crippen LogP contribution >= 0.6 is 0 Å². The number of fused-ring (bicyclic) bond motifs is 1. The van der Waals surface area contributed by atoms with E-state index in [1.54, 1.807) is 23.0 Å². The van der Waals surface area contributed by atoms with Crippen molar-refractivity contribution in [1.82, 2.24) is 29.9 Å². The van der Waals surface area contributed by atoms with Crippen LogP contribution in [0.15, 0.2) is 42.7 Å². The van der Waals surface area contributed by atoms with E-state index in [2.05, 4.69) is 25.4 Å². The molecule has 10 nitrogen and oxygen atoms in total. The average molecular weight is 474 g/mol. The molecule has 1 aliphatic rings. The van der Waals surface area contributed by atoms with Gasteiger partial charge in [-0.05, 0) is 68.5 Å². The Kier molecular flexibility index (Phi) is 6.17. The lowest BCUT2D eigenvalue weighted by molar-refractivity contribution is 0.0946. The number of nitrogens with zero attached hydrogens (tertiary/aromatic N) is 5. The first-order chi connectivity index (χ1) is 17.0. The maximum atomic E-state index is 13.2. The van der Waals surface area contributed by atoms with Crippen molar-refractivity contribution in [1.29, 1.82) is 0 Å². The molecule has 4 heterocycles. The smallest absolute Gasteiger partial charge is 0.257 e. The van der Waals surface area contributed by atoms with E-state index in [0.29, 0.717) is 28.3 Å². The molecule has 0 aliphatic heterocycles. The fraction of sp³-hybridized carbons (Fsp3) is 0.320. The number of hydrogen-bond acceptors (Lipinski definition) is 8. The Bertz CT molecular complexity index is 1380. The number of aromatic nitrogens is 5. The average Bonchev–Trinajstić information content (AvgIpc) is 3.51. The Balaban J connectivity index is 1.39. The molecule has 0 spiro atoms. The molecule has 0 bridgehead atoms. The van der Waals surface area contributed by atoms with Crippen molar-refractivity contribution in [2.75, 3.05) is 12.8 Å². The lowest BCUT2D eigenvalue weighted by atomic mass is 10.0. The van der Waals surface area contributed by atoms with Gasteiger partial charge in [-0.1, -0.05) is 0 Å². The Labute approximate surface area is 202 Å². The predicted octanol–water partition coefficient (Wildman–Crippen LogP) is 3.34. The number of amides is 1. The van der Waals surface area contributed by atoms with Crippen LogP contribution in [0.4, 0.5) is 5.95 Å². The summed E-state index contributed by atoms with van der Waals surface area (Å²) in [6.07, 6.45) is 8.11. The Hall–Kier alpha value is -4.21. The molecule has 0 unspecified atom stereocenters. The molecular formula is C25H27N7O3. The van der Waals surface area contributed by atoms with Gasteiger partial charge in [0.2, 0.25) is 11.8 Å². The van der Waals surface area contributed by atoms with E-state index in [-0.39, 0.29) is 30.4 Å². The first-order valence-electron chi connectivity index (χ1n) is 11.6. The van der Waals surface area contributed by atoms with Crippen LogP contribution in [0, 0.1) is 6.92 Å². The van der Waals surface area contributed by atoms with E-state index >= 15 is 0 Å². The number of nitrogens with one attached hydrogen (secondary N) is 1. The minimum atomic E-state index is -0.319. The third-order valence-electron chi connectivity index (χ3n) is 6.14. The molecule has 0 saturated heterocycles. The van der Waals surface area contributed by atoms with Gasteiger partial charge in [0.15, 0.2) is 5.65 Å². The minimum absolute atomic E-state index is 0.192. The summed E-state index contributed by atoms with van der Waals surface area (Å²) in [7, 11) is 1.50. The van der Waals surface area contributed by atoms with Gasteiger partial charge in [0.1, 0.15) is 17.0 Å². The number of rotatable bonds is 7. The van der Waals surface area contributed by atoms with E-state index in [9.17, 15) is 4.79 Å². The highest BCUT2D eigenvalue weighted by Gasteiger charge is 2.21. The third-order valence-corrected chi connectivity index (χ3v) is 6.14. The van der Waals surface area contributed by atoms with Crippen LogP contribution in [-0.4, -0.2) is 43.7 Å². The number of anilines is 1. The molecule has 4 aromatic heterocycles. The fourth-order valence-electron chi connectivity index (χ4n) is 4.37. The molecule has 1 amide bonds. The second-order valence-electron chi connectivity index (χ2n) is 8.52. The van der Waals surface area contributed by atoms with E-state index in [0.717, 1.165) is 24.0 Å². The van der Waals surface area contributed by atoms with Crippen LogP contribution in [0.2, 0.25) is 0 Å². The molecule has 3 N–H and O–H groups in total. The van der Waals surface area contributed by atoms with Crippen LogP contribution in [0.25, 0.3) is 16.8 Å². The summed E-state index contributed by atoms with van der Waals surface area (Å²) in [4.78, 5) is 26.4. The largest absolute Gasteiger partial charge is 0.488 e. The highest BCUT2D eigenvalue weighted by molar-refractivity contribution is 5.97. The molecule has 35 heavy (non-hydrogen) atoms. The summed E-state index contributed by atoms with van der Waals surface area (Å²) >= 11 is 0. The molecule has 10 heteroatoms. The Morgan fingerprint density at radius 2 is 2.06 bits per heavy atom. The van der Waals surface area contributed by atoms with Crippen LogP contribution in [0.1, 0.15) is 47.4 Å². The molecule has 0 atom stereocenters. The van der Waals surface area contributed by atoms with Crippen LogP contribution in [0.5, 0.6) is 11.6 Å². The summed E-state index contributed by atoms with van der Waals surface area (Å²) in [5.41, 5.74) is 9.65. The summed E-state index contributed by atoms with van der Waals surface area (Å²) < 4.78 is 13.2. The molecule has 1 saturated carbocycles. The molecular weight excluding hydrogens is 446 g/mol. The van der Waals surface area contributed by atoms with Crippen molar-refractivity contribution in [3.63, 3.8) is 0 Å². The van der Waals surface area contributed by atoms with Crippen molar-refractivity contribution in [2.24, 2.45) is 0 Å². The molecule has 1 fully saturated rings. The van der Waals surface area contributed by atoms with Crippen molar-refractivity contribution < 1.29 is 14.3 Å². The monoisotopic (exact) mass is 473 g/mol. The van der Waals surface area contributed by atoms with Gasteiger partial charge < -0.3 is 20.5 Å². The van der Waals surface area contributed by atoms with Crippen LogP contribution < -0.4 is 20.5 Å². The second kappa shape index (κ2) is 9.57. The summed E-state index contributed by atoms with van der Waals surface area (Å²) in [5, 5.41) is 7.05. The van der Waals surface area contributed by atoms with Gasteiger partial charge in [0, 0.05) is 23.7 Å². The second-order valence-corrected chi connectivity index (χ2v) is 8.52. The normalized spacial score (nSPS) is 13.8. The summed E-state index contributed by atoms with van der Waals surface area (Å²) in [5.74, 6) is 0.828. The van der Waals surface area contributed by atoms with Crippen LogP contribution in [-0.2, 0) is 6.54 Å². The number of ether oxygens (including phenoxy) is 2. The van der Waals surface area contributed by atoms with Crippen molar-refractivity contribution in [3.8, 4) is 22.8 Å². The molecule has 1 aliphatic carbocycles. The third kappa shape index (κ3) is 4.72. The Morgan fingerprint density at radius 1 is 1.23 bits per heavy atom. The van der Waals surface area contributed by atoms with Gasteiger partial charge in [-0.25, -0.2) is 9.50 Å². The van der Waals surface area contributed by atoms with E-state index in [1.165, 1.54) is 20.0 Å². The zero-order valence-corrected chi connectivity index (χ0v) is 19.7. The zero-order chi connectivity index (χ0) is 24.4. The van der Waals surface area contributed by atoms with Gasteiger partial charge in [-0.3, -0.25) is 9.78 Å². The van der Waals surface area contributed by atoms with Gasteiger partial charge in [0.05, 0.1) is 19.8 Å². The van der Waals surface area contributed by atoms with Gasteiger partial charge in [-0.2, -0.15) is 4.98 Å². The lowest BCUT2D eigenvalue weighted by Gasteiger charge is -2.16. The zero-order valence-electron chi connectivity index (χ0n) is 19.7. The lowest BCUT2D eigenvalue weighted by Crippen LogP contribution is -2.25. The SMILES string of the molecule is COc1nc(C)c(-c2ccn3nc(N)nc3c2)cc1C(=O)NCc1ncccc1OC1CCCC1. The predicted molar refractivity (Wildman–Crippen MR) is 130 cm³/mol. The van der Waals surface area contributed by atoms with E-state index in [1.807, 2.05) is 31.2 Å². The quantitative estimate of drug-likeness (QED) is 0.418. The number of pyridine rings is 3. The Morgan fingerprint density at radius 3 is 2.86 bits per heavy atom. The number of aryl methyl sites for hydroxylation is 1. The van der Waals surface area contributed by atoms with Gasteiger partial charge >= 0.3 is 0 Å². The maximum Gasteiger partial charge on any atom is 0.257 e. The molecule has 0 radical (unpaired) electrons. The number of methoxy groups -OCH3 is 1. The topological polar surface area (TPSA) is 130 Å². The van der Waals surface area contributed by atoms with E-state index < -0.39 is 0 Å². The highest BCUT2D eigenvalue weighted by atomic mass is 16.5. The van der Waals surface area contributed by atoms with Crippen molar-refractivity contribution in [2.45, 2.75) is 45.3 Å².